The number of likely N-dealkylation sites (tertiary alicyclic amines) is 1. The van der Waals surface area contributed by atoms with Crippen molar-refractivity contribution in [3.05, 3.63) is 33.3 Å². The van der Waals surface area contributed by atoms with Crippen molar-refractivity contribution in [3.63, 3.8) is 0 Å². The summed E-state index contributed by atoms with van der Waals surface area (Å²) >= 11 is 9.48. The molecule has 0 bridgehead atoms. The van der Waals surface area contributed by atoms with Gasteiger partial charge in [-0.25, -0.2) is 0 Å². The number of benzene rings is 1. The van der Waals surface area contributed by atoms with Crippen LogP contribution in [-0.2, 0) is 0 Å². The summed E-state index contributed by atoms with van der Waals surface area (Å²) in [6.07, 6.45) is 3.35. The van der Waals surface area contributed by atoms with Crippen molar-refractivity contribution < 1.29 is 4.79 Å². The number of hydrogen-bond donors (Lipinski definition) is 0. The fraction of sp³-hybridized carbons (Fsp3) is 0.588. The molecule has 1 aromatic carbocycles. The van der Waals surface area contributed by atoms with Gasteiger partial charge in [0.05, 0.1) is 5.56 Å². The minimum absolute atomic E-state index is 0.0823. The zero-order valence-corrected chi connectivity index (χ0v) is 15.3. The van der Waals surface area contributed by atoms with Crippen LogP contribution < -0.4 is 0 Å². The van der Waals surface area contributed by atoms with Gasteiger partial charge in [0.2, 0.25) is 0 Å². The smallest absolute Gasteiger partial charge is 0.255 e. The SMILES string of the molecule is CC(C)(C)C1CCCN(C(=O)c2cc(Cl)ccc2Br)CC1. The zero-order valence-electron chi connectivity index (χ0n) is 13.0. The molecule has 1 amide bonds. The van der Waals surface area contributed by atoms with E-state index >= 15 is 0 Å². The summed E-state index contributed by atoms with van der Waals surface area (Å²) in [7, 11) is 0. The largest absolute Gasteiger partial charge is 0.339 e. The van der Waals surface area contributed by atoms with Gasteiger partial charge in [-0.05, 0) is 64.7 Å². The molecule has 1 saturated heterocycles. The van der Waals surface area contributed by atoms with E-state index in [4.69, 9.17) is 11.6 Å². The molecule has 0 N–H and O–H groups in total. The van der Waals surface area contributed by atoms with Gasteiger partial charge in [0, 0.05) is 22.6 Å². The standard InChI is InChI=1S/C17H23BrClNO/c1-17(2,3)12-5-4-9-20(10-8-12)16(21)14-11-13(19)6-7-15(14)18/h6-7,11-12H,4-5,8-10H2,1-3H3. The van der Waals surface area contributed by atoms with E-state index in [0.29, 0.717) is 21.9 Å². The van der Waals surface area contributed by atoms with Gasteiger partial charge in [0.1, 0.15) is 0 Å². The Kier molecular flexibility index (Phi) is 5.37. The van der Waals surface area contributed by atoms with Gasteiger partial charge in [0.15, 0.2) is 0 Å². The molecule has 1 heterocycles. The van der Waals surface area contributed by atoms with Crippen molar-refractivity contribution in [3.8, 4) is 0 Å². The third-order valence-electron chi connectivity index (χ3n) is 4.40. The summed E-state index contributed by atoms with van der Waals surface area (Å²) in [5, 5.41) is 0.601. The van der Waals surface area contributed by atoms with E-state index < -0.39 is 0 Å². The van der Waals surface area contributed by atoms with Gasteiger partial charge in [-0.2, -0.15) is 0 Å². The van der Waals surface area contributed by atoms with Crippen molar-refractivity contribution in [1.29, 1.82) is 0 Å². The summed E-state index contributed by atoms with van der Waals surface area (Å²) in [6.45, 7) is 8.55. The van der Waals surface area contributed by atoms with Crippen LogP contribution in [0, 0.1) is 11.3 Å². The number of carbonyl (C=O) groups excluding carboxylic acids is 1. The molecule has 0 aromatic heterocycles. The highest BCUT2D eigenvalue weighted by molar-refractivity contribution is 9.10. The maximum atomic E-state index is 12.7. The highest BCUT2D eigenvalue weighted by Crippen LogP contribution is 2.34. The summed E-state index contributed by atoms with van der Waals surface area (Å²) < 4.78 is 0.813. The first kappa shape index (κ1) is 16.8. The summed E-state index contributed by atoms with van der Waals surface area (Å²) in [5.41, 5.74) is 0.979. The first-order chi connectivity index (χ1) is 9.79. The molecule has 2 rings (SSSR count). The number of carbonyl (C=O) groups is 1. The molecule has 1 fully saturated rings. The van der Waals surface area contributed by atoms with Crippen molar-refractivity contribution in [2.24, 2.45) is 11.3 Å². The van der Waals surface area contributed by atoms with Crippen LogP contribution in [0.1, 0.15) is 50.4 Å². The molecule has 0 radical (unpaired) electrons. The number of rotatable bonds is 1. The molecule has 21 heavy (non-hydrogen) atoms. The Balaban J connectivity index is 2.12. The Morgan fingerprint density at radius 3 is 2.67 bits per heavy atom. The lowest BCUT2D eigenvalue weighted by atomic mass is 9.77. The Bertz CT molecular complexity index is 524. The van der Waals surface area contributed by atoms with E-state index in [2.05, 4.69) is 36.7 Å². The van der Waals surface area contributed by atoms with Crippen LogP contribution >= 0.6 is 27.5 Å². The van der Waals surface area contributed by atoms with E-state index in [1.165, 1.54) is 6.42 Å². The third-order valence-corrected chi connectivity index (χ3v) is 5.33. The van der Waals surface area contributed by atoms with Gasteiger partial charge in [-0.15, -0.1) is 0 Å². The first-order valence-electron chi connectivity index (χ1n) is 7.53. The fourth-order valence-corrected chi connectivity index (χ4v) is 3.59. The Labute approximate surface area is 141 Å². The van der Waals surface area contributed by atoms with Crippen molar-refractivity contribution >= 4 is 33.4 Å². The normalized spacial score (nSPS) is 20.2. The van der Waals surface area contributed by atoms with Crippen LogP contribution in [0.3, 0.4) is 0 Å². The lowest BCUT2D eigenvalue weighted by molar-refractivity contribution is 0.0754. The van der Waals surface area contributed by atoms with Gasteiger partial charge < -0.3 is 4.90 Å². The van der Waals surface area contributed by atoms with Crippen LogP contribution in [0.2, 0.25) is 5.02 Å². The molecule has 1 aliphatic heterocycles. The summed E-state index contributed by atoms with van der Waals surface area (Å²) in [4.78, 5) is 14.7. The highest BCUT2D eigenvalue weighted by atomic mass is 79.9. The second kappa shape index (κ2) is 6.70. The Hall–Kier alpha value is -0.540. The lowest BCUT2D eigenvalue weighted by Gasteiger charge is -2.29. The van der Waals surface area contributed by atoms with Crippen LogP contribution in [0.15, 0.2) is 22.7 Å². The molecule has 1 atom stereocenters. The second-order valence-electron chi connectivity index (χ2n) is 6.91. The predicted octanol–water partition coefficient (Wildman–Crippen LogP) is 5.39. The fourth-order valence-electron chi connectivity index (χ4n) is 3.00. The highest BCUT2D eigenvalue weighted by Gasteiger charge is 2.29. The first-order valence-corrected chi connectivity index (χ1v) is 8.70. The third kappa shape index (κ3) is 4.23. The monoisotopic (exact) mass is 371 g/mol. The molecule has 1 unspecified atom stereocenters. The van der Waals surface area contributed by atoms with E-state index in [0.717, 1.165) is 30.4 Å². The predicted molar refractivity (Wildman–Crippen MR) is 91.9 cm³/mol. The molecule has 1 aliphatic rings. The molecule has 2 nitrogen and oxygen atoms in total. The van der Waals surface area contributed by atoms with Gasteiger partial charge in [0.25, 0.3) is 5.91 Å². The number of hydrogen-bond acceptors (Lipinski definition) is 1. The van der Waals surface area contributed by atoms with E-state index in [1.54, 1.807) is 12.1 Å². The lowest BCUT2D eigenvalue weighted by Crippen LogP contribution is -2.32. The van der Waals surface area contributed by atoms with Gasteiger partial charge >= 0.3 is 0 Å². The molecular weight excluding hydrogens is 350 g/mol. The van der Waals surface area contributed by atoms with E-state index in [1.807, 2.05) is 11.0 Å². The summed E-state index contributed by atoms with van der Waals surface area (Å²) in [5.74, 6) is 0.761. The number of halogens is 2. The Morgan fingerprint density at radius 2 is 2.00 bits per heavy atom. The molecule has 1 aromatic rings. The maximum absolute atomic E-state index is 12.7. The van der Waals surface area contributed by atoms with Crippen LogP contribution in [0.25, 0.3) is 0 Å². The maximum Gasteiger partial charge on any atom is 0.255 e. The average molecular weight is 373 g/mol. The summed E-state index contributed by atoms with van der Waals surface area (Å²) in [6, 6.07) is 5.38. The van der Waals surface area contributed by atoms with Crippen molar-refractivity contribution in [2.75, 3.05) is 13.1 Å². The minimum Gasteiger partial charge on any atom is -0.339 e. The van der Waals surface area contributed by atoms with Gasteiger partial charge in [-0.3, -0.25) is 4.79 Å². The minimum atomic E-state index is 0.0823. The Morgan fingerprint density at radius 1 is 1.29 bits per heavy atom. The molecular formula is C17H23BrClNO. The number of amides is 1. The molecule has 116 valence electrons. The van der Waals surface area contributed by atoms with Crippen LogP contribution in [0.5, 0.6) is 0 Å². The molecule has 4 heteroatoms. The molecule has 0 saturated carbocycles. The van der Waals surface area contributed by atoms with Crippen LogP contribution in [-0.4, -0.2) is 23.9 Å². The quantitative estimate of drug-likeness (QED) is 0.647. The second-order valence-corrected chi connectivity index (χ2v) is 8.20. The van der Waals surface area contributed by atoms with E-state index in [-0.39, 0.29) is 5.91 Å². The topological polar surface area (TPSA) is 20.3 Å². The van der Waals surface area contributed by atoms with Gasteiger partial charge in [-0.1, -0.05) is 32.4 Å². The van der Waals surface area contributed by atoms with E-state index in [9.17, 15) is 4.79 Å². The molecule has 0 spiro atoms. The number of nitrogens with zero attached hydrogens (tertiary/aromatic N) is 1. The zero-order chi connectivity index (χ0) is 15.6. The van der Waals surface area contributed by atoms with Crippen molar-refractivity contribution in [1.82, 2.24) is 4.90 Å². The average Bonchev–Trinajstić information content (AvgIpc) is 2.66. The van der Waals surface area contributed by atoms with Crippen molar-refractivity contribution in [2.45, 2.75) is 40.0 Å². The van der Waals surface area contributed by atoms with Crippen LogP contribution in [0.4, 0.5) is 0 Å². The molecule has 0 aliphatic carbocycles.